The number of aliphatic hydroxyl groups excluding tert-OH is 3. The minimum absolute atomic E-state index is 0.206. The normalized spacial score (nSPS) is 35.5. The summed E-state index contributed by atoms with van der Waals surface area (Å²) in [6.45, 7) is 0.206. The molecule has 0 radical (unpaired) electrons. The Morgan fingerprint density at radius 2 is 1.84 bits per heavy atom. The van der Waals surface area contributed by atoms with Gasteiger partial charge in [-0.1, -0.05) is 0 Å². The van der Waals surface area contributed by atoms with Gasteiger partial charge in [0.1, 0.15) is 18.3 Å². The van der Waals surface area contributed by atoms with Crippen molar-refractivity contribution in [1.29, 1.82) is 0 Å². The molecule has 5 atom stereocenters. The summed E-state index contributed by atoms with van der Waals surface area (Å²) in [6.07, 6.45) is -2.13. The molecular formula is C12H24O6S. The summed E-state index contributed by atoms with van der Waals surface area (Å²) in [5.74, 6) is 1.56. The average molecular weight is 296 g/mol. The van der Waals surface area contributed by atoms with E-state index in [2.05, 4.69) is 0 Å². The van der Waals surface area contributed by atoms with E-state index in [4.69, 9.17) is 19.3 Å². The molecule has 1 heterocycles. The Balaban J connectivity index is 2.44. The van der Waals surface area contributed by atoms with Crippen LogP contribution >= 0.6 is 11.8 Å². The van der Waals surface area contributed by atoms with Crippen molar-refractivity contribution < 1.29 is 29.5 Å². The Morgan fingerprint density at radius 3 is 2.42 bits per heavy atom. The van der Waals surface area contributed by atoms with Gasteiger partial charge in [-0.15, -0.1) is 0 Å². The number of hydrogen-bond acceptors (Lipinski definition) is 7. The molecular weight excluding hydrogens is 272 g/mol. The summed E-state index contributed by atoms with van der Waals surface area (Å²) in [5, 5.41) is 28.5. The number of thioether (sulfide) groups is 1. The molecule has 1 fully saturated rings. The molecule has 0 spiro atoms. The molecule has 0 amide bonds. The highest BCUT2D eigenvalue weighted by atomic mass is 32.2. The van der Waals surface area contributed by atoms with E-state index in [9.17, 15) is 10.2 Å². The predicted molar refractivity (Wildman–Crippen MR) is 72.1 cm³/mol. The molecule has 1 aliphatic rings. The lowest BCUT2D eigenvalue weighted by Crippen LogP contribution is -2.59. The van der Waals surface area contributed by atoms with Gasteiger partial charge >= 0.3 is 0 Å². The lowest BCUT2D eigenvalue weighted by atomic mass is 10.00. The second-order valence-corrected chi connectivity index (χ2v) is 5.62. The van der Waals surface area contributed by atoms with Gasteiger partial charge in [-0.2, -0.15) is 11.8 Å². The van der Waals surface area contributed by atoms with Crippen molar-refractivity contribution in [3.05, 3.63) is 0 Å². The Bertz CT molecular complexity index is 242. The van der Waals surface area contributed by atoms with Gasteiger partial charge in [-0.3, -0.25) is 0 Å². The quantitative estimate of drug-likeness (QED) is 0.525. The Hall–Kier alpha value is 0.110. The van der Waals surface area contributed by atoms with Gasteiger partial charge in [0.25, 0.3) is 0 Å². The number of aliphatic hydroxyl groups is 3. The third kappa shape index (κ3) is 4.86. The molecule has 3 N–H and O–H groups in total. The van der Waals surface area contributed by atoms with Gasteiger partial charge in [0.05, 0.1) is 6.10 Å². The molecule has 1 rings (SSSR count). The highest BCUT2D eigenvalue weighted by molar-refractivity contribution is 7.99. The number of hydrogen-bond donors (Lipinski definition) is 3. The van der Waals surface area contributed by atoms with Crippen LogP contribution in [0.15, 0.2) is 0 Å². The van der Waals surface area contributed by atoms with E-state index in [0.717, 1.165) is 18.6 Å². The van der Waals surface area contributed by atoms with Gasteiger partial charge in [0.2, 0.25) is 0 Å². The zero-order valence-corrected chi connectivity index (χ0v) is 12.2. The van der Waals surface area contributed by atoms with E-state index in [0.29, 0.717) is 5.75 Å². The maximum Gasteiger partial charge on any atom is 0.186 e. The Labute approximate surface area is 118 Å². The average Bonchev–Trinajstić information content (AvgIpc) is 2.42. The predicted octanol–water partition coefficient (Wildman–Crippen LogP) is -0.400. The SMILES string of the molecule is CO[C@H]1OC(CSCCCCO)[C@@H](OC)[C@H](O)C1O. The van der Waals surface area contributed by atoms with E-state index < -0.39 is 24.6 Å². The van der Waals surface area contributed by atoms with Crippen LogP contribution in [-0.4, -0.2) is 78.4 Å². The van der Waals surface area contributed by atoms with Gasteiger partial charge < -0.3 is 29.5 Å². The number of methoxy groups -OCH3 is 2. The van der Waals surface area contributed by atoms with Crippen LogP contribution < -0.4 is 0 Å². The first-order valence-corrected chi connectivity index (χ1v) is 7.57. The summed E-state index contributed by atoms with van der Waals surface area (Å²) in [6, 6.07) is 0. The van der Waals surface area contributed by atoms with Crippen LogP contribution in [0.5, 0.6) is 0 Å². The first kappa shape index (κ1) is 17.2. The fourth-order valence-corrected chi connectivity index (χ4v) is 3.12. The molecule has 0 aromatic carbocycles. The van der Waals surface area contributed by atoms with Crippen molar-refractivity contribution in [2.24, 2.45) is 0 Å². The van der Waals surface area contributed by atoms with Crippen molar-refractivity contribution in [2.75, 3.05) is 32.3 Å². The number of ether oxygens (including phenoxy) is 3. The molecule has 0 saturated carbocycles. The largest absolute Gasteiger partial charge is 0.396 e. The van der Waals surface area contributed by atoms with E-state index in [-0.39, 0.29) is 12.7 Å². The summed E-state index contributed by atoms with van der Waals surface area (Å²) in [4.78, 5) is 0. The van der Waals surface area contributed by atoms with Crippen molar-refractivity contribution >= 4 is 11.8 Å². The standard InChI is InChI=1S/C12H24O6S/c1-16-11-8(7-19-6-4-3-5-13)18-12(17-2)10(15)9(11)14/h8-15H,3-7H2,1-2H3/t8?,9-,10?,11-,12+/m1/s1. The molecule has 7 heteroatoms. The molecule has 1 saturated heterocycles. The van der Waals surface area contributed by atoms with Crippen LogP contribution in [0.3, 0.4) is 0 Å². The van der Waals surface area contributed by atoms with Gasteiger partial charge in [-0.25, -0.2) is 0 Å². The number of rotatable bonds is 8. The number of unbranched alkanes of at least 4 members (excludes halogenated alkanes) is 1. The Morgan fingerprint density at radius 1 is 1.11 bits per heavy atom. The van der Waals surface area contributed by atoms with Gasteiger partial charge in [0.15, 0.2) is 6.29 Å². The van der Waals surface area contributed by atoms with E-state index in [1.807, 2.05) is 0 Å². The molecule has 0 bridgehead atoms. The van der Waals surface area contributed by atoms with Crippen molar-refractivity contribution in [3.63, 3.8) is 0 Å². The van der Waals surface area contributed by atoms with Gasteiger partial charge in [0, 0.05) is 26.6 Å². The molecule has 2 unspecified atom stereocenters. The van der Waals surface area contributed by atoms with Crippen LogP contribution in [0, 0.1) is 0 Å². The molecule has 0 aliphatic carbocycles. The minimum Gasteiger partial charge on any atom is -0.396 e. The molecule has 19 heavy (non-hydrogen) atoms. The molecule has 0 aromatic rings. The minimum atomic E-state index is -1.11. The van der Waals surface area contributed by atoms with Crippen molar-refractivity contribution in [2.45, 2.75) is 43.5 Å². The topological polar surface area (TPSA) is 88.4 Å². The van der Waals surface area contributed by atoms with Crippen molar-refractivity contribution in [3.8, 4) is 0 Å². The first-order valence-electron chi connectivity index (χ1n) is 6.41. The van der Waals surface area contributed by atoms with Crippen LogP contribution in [0.25, 0.3) is 0 Å². The first-order chi connectivity index (χ1) is 9.15. The second kappa shape index (κ2) is 9.12. The maximum absolute atomic E-state index is 9.97. The van der Waals surface area contributed by atoms with Crippen LogP contribution in [0.2, 0.25) is 0 Å². The summed E-state index contributed by atoms with van der Waals surface area (Å²) in [5.41, 5.74) is 0. The molecule has 0 aromatic heterocycles. The second-order valence-electron chi connectivity index (χ2n) is 4.47. The monoisotopic (exact) mass is 296 g/mol. The Kier molecular flexibility index (Phi) is 8.24. The highest BCUT2D eigenvalue weighted by Crippen LogP contribution is 2.26. The zero-order chi connectivity index (χ0) is 14.3. The summed E-state index contributed by atoms with van der Waals surface area (Å²) >= 11 is 1.67. The van der Waals surface area contributed by atoms with E-state index >= 15 is 0 Å². The van der Waals surface area contributed by atoms with Crippen LogP contribution in [0.4, 0.5) is 0 Å². The van der Waals surface area contributed by atoms with E-state index in [1.54, 1.807) is 11.8 Å². The summed E-state index contributed by atoms with van der Waals surface area (Å²) < 4.78 is 15.8. The van der Waals surface area contributed by atoms with Crippen LogP contribution in [0.1, 0.15) is 12.8 Å². The molecule has 114 valence electrons. The fourth-order valence-electron chi connectivity index (χ4n) is 2.04. The van der Waals surface area contributed by atoms with Crippen molar-refractivity contribution in [1.82, 2.24) is 0 Å². The highest BCUT2D eigenvalue weighted by Gasteiger charge is 2.44. The third-order valence-electron chi connectivity index (χ3n) is 3.12. The zero-order valence-electron chi connectivity index (χ0n) is 11.4. The third-order valence-corrected chi connectivity index (χ3v) is 4.27. The summed E-state index contributed by atoms with van der Waals surface area (Å²) in [7, 11) is 2.92. The smallest absolute Gasteiger partial charge is 0.186 e. The maximum atomic E-state index is 9.97. The lowest BCUT2D eigenvalue weighted by Gasteiger charge is -2.41. The van der Waals surface area contributed by atoms with Crippen LogP contribution in [-0.2, 0) is 14.2 Å². The molecule has 1 aliphatic heterocycles. The van der Waals surface area contributed by atoms with E-state index in [1.165, 1.54) is 14.2 Å². The lowest BCUT2D eigenvalue weighted by molar-refractivity contribution is -0.288. The fraction of sp³-hybridized carbons (Fsp3) is 1.00. The molecule has 6 nitrogen and oxygen atoms in total. The van der Waals surface area contributed by atoms with Gasteiger partial charge in [-0.05, 0) is 18.6 Å².